The Balaban J connectivity index is 2.15. The van der Waals surface area contributed by atoms with E-state index in [2.05, 4.69) is 10.1 Å². The lowest BCUT2D eigenvalue weighted by molar-refractivity contribution is 0.0697. The third-order valence-electron chi connectivity index (χ3n) is 3.21. The van der Waals surface area contributed by atoms with Crippen molar-refractivity contribution in [1.82, 2.24) is 14.8 Å². The van der Waals surface area contributed by atoms with E-state index in [1.54, 1.807) is 48.4 Å². The number of aromatic carboxylic acids is 1. The molecule has 0 amide bonds. The van der Waals surface area contributed by atoms with Gasteiger partial charge in [-0.15, -0.1) is 0 Å². The van der Waals surface area contributed by atoms with Crippen molar-refractivity contribution in [1.29, 1.82) is 0 Å². The molecule has 0 aliphatic rings. The molecule has 22 heavy (non-hydrogen) atoms. The third-order valence-corrected chi connectivity index (χ3v) is 3.46. The summed E-state index contributed by atoms with van der Waals surface area (Å²) in [4.78, 5) is 15.9. The van der Waals surface area contributed by atoms with Crippen LogP contribution < -0.4 is 0 Å². The average Bonchev–Trinajstić information content (AvgIpc) is 2.94. The minimum Gasteiger partial charge on any atom is -0.478 e. The van der Waals surface area contributed by atoms with E-state index < -0.39 is 5.97 Å². The number of hydrogen-bond donors (Lipinski definition) is 1. The molecule has 0 aliphatic heterocycles. The molecule has 0 atom stereocenters. The van der Waals surface area contributed by atoms with Gasteiger partial charge in [-0.1, -0.05) is 23.7 Å². The summed E-state index contributed by atoms with van der Waals surface area (Å²) in [5.74, 6) is -0.997. The maximum absolute atomic E-state index is 11.4. The Labute approximate surface area is 131 Å². The molecule has 0 aliphatic carbocycles. The predicted molar refractivity (Wildman–Crippen MR) is 83.8 cm³/mol. The van der Waals surface area contributed by atoms with Crippen LogP contribution in [0.2, 0.25) is 5.02 Å². The first-order valence-electron chi connectivity index (χ1n) is 6.53. The maximum atomic E-state index is 11.4. The molecule has 0 fully saturated rings. The number of carboxylic acids is 1. The minimum atomic E-state index is -0.997. The molecule has 2 aromatic heterocycles. The Morgan fingerprint density at radius 2 is 1.77 bits per heavy atom. The largest absolute Gasteiger partial charge is 0.478 e. The highest BCUT2D eigenvalue weighted by atomic mass is 35.5. The molecule has 2 heterocycles. The van der Waals surface area contributed by atoms with E-state index in [1.807, 2.05) is 12.1 Å². The number of halogens is 1. The molecule has 6 heteroatoms. The zero-order chi connectivity index (χ0) is 15.7. The number of carbonyl (C=O) groups is 1. The van der Waals surface area contributed by atoms with Crippen LogP contribution in [-0.4, -0.2) is 25.8 Å². The van der Waals surface area contributed by atoms with E-state index >= 15 is 0 Å². The van der Waals surface area contributed by atoms with Gasteiger partial charge in [-0.3, -0.25) is 4.68 Å². The molecule has 1 aromatic carbocycles. The van der Waals surface area contributed by atoms with Gasteiger partial charge in [-0.05, 0) is 24.3 Å². The van der Waals surface area contributed by atoms with Gasteiger partial charge >= 0.3 is 5.97 Å². The summed E-state index contributed by atoms with van der Waals surface area (Å²) in [6, 6.07) is 10.2. The summed E-state index contributed by atoms with van der Waals surface area (Å²) in [6.07, 6.45) is 3.44. The molecular weight excluding hydrogens is 302 g/mol. The van der Waals surface area contributed by atoms with Crippen molar-refractivity contribution < 1.29 is 9.90 Å². The molecular formula is C16H12ClN3O2. The summed E-state index contributed by atoms with van der Waals surface area (Å²) in [6.45, 7) is 0. The minimum absolute atomic E-state index is 0.179. The molecule has 0 bridgehead atoms. The van der Waals surface area contributed by atoms with E-state index in [1.165, 1.54) is 0 Å². The highest BCUT2D eigenvalue weighted by Gasteiger charge is 2.12. The SMILES string of the molecule is Cn1cc(-c2cc(C(=O)O)cc(-c3ccc(Cl)cc3)n2)cn1. The van der Waals surface area contributed by atoms with Crippen LogP contribution in [-0.2, 0) is 7.05 Å². The van der Waals surface area contributed by atoms with Gasteiger partial charge in [0.1, 0.15) is 0 Å². The molecule has 110 valence electrons. The van der Waals surface area contributed by atoms with Crippen LogP contribution in [0, 0.1) is 0 Å². The summed E-state index contributed by atoms with van der Waals surface area (Å²) in [5.41, 5.74) is 2.89. The first kappa shape index (κ1) is 14.3. The van der Waals surface area contributed by atoms with Gasteiger partial charge in [-0.2, -0.15) is 5.10 Å². The number of carboxylic acid groups (broad SMARTS) is 1. The second kappa shape index (κ2) is 5.61. The van der Waals surface area contributed by atoms with Crippen LogP contribution >= 0.6 is 11.6 Å². The summed E-state index contributed by atoms with van der Waals surface area (Å²) >= 11 is 5.89. The van der Waals surface area contributed by atoms with Gasteiger partial charge < -0.3 is 5.11 Å². The lowest BCUT2D eigenvalue weighted by atomic mass is 10.1. The Bertz CT molecular complexity index is 841. The second-order valence-electron chi connectivity index (χ2n) is 4.84. The maximum Gasteiger partial charge on any atom is 0.335 e. The molecule has 0 saturated heterocycles. The number of benzene rings is 1. The Morgan fingerprint density at radius 1 is 1.14 bits per heavy atom. The van der Waals surface area contributed by atoms with Crippen LogP contribution in [0.15, 0.2) is 48.8 Å². The van der Waals surface area contributed by atoms with Crippen molar-refractivity contribution in [2.45, 2.75) is 0 Å². The van der Waals surface area contributed by atoms with Crippen LogP contribution in [0.3, 0.4) is 0 Å². The zero-order valence-corrected chi connectivity index (χ0v) is 12.4. The molecule has 1 N–H and O–H groups in total. The van der Waals surface area contributed by atoms with Crippen LogP contribution in [0.1, 0.15) is 10.4 Å². The fourth-order valence-corrected chi connectivity index (χ4v) is 2.25. The lowest BCUT2D eigenvalue weighted by Crippen LogP contribution is -1.99. The van der Waals surface area contributed by atoms with Gasteiger partial charge in [0.15, 0.2) is 0 Å². The fraction of sp³-hybridized carbons (Fsp3) is 0.0625. The average molecular weight is 314 g/mol. The summed E-state index contributed by atoms with van der Waals surface area (Å²) in [5, 5.41) is 14.0. The molecule has 0 spiro atoms. The van der Waals surface area contributed by atoms with Gasteiger partial charge in [0.2, 0.25) is 0 Å². The number of nitrogens with zero attached hydrogens (tertiary/aromatic N) is 3. The van der Waals surface area contributed by atoms with Crippen molar-refractivity contribution in [3.63, 3.8) is 0 Å². The summed E-state index contributed by atoms with van der Waals surface area (Å²) in [7, 11) is 1.80. The van der Waals surface area contributed by atoms with Gasteiger partial charge in [-0.25, -0.2) is 9.78 Å². The van der Waals surface area contributed by atoms with E-state index in [-0.39, 0.29) is 5.56 Å². The third kappa shape index (κ3) is 2.84. The highest BCUT2D eigenvalue weighted by Crippen LogP contribution is 2.25. The fourth-order valence-electron chi connectivity index (χ4n) is 2.12. The van der Waals surface area contributed by atoms with E-state index in [0.29, 0.717) is 16.4 Å². The standard InChI is InChI=1S/C16H12ClN3O2/c1-20-9-12(8-18-20)15-7-11(16(21)22)6-14(19-15)10-2-4-13(17)5-3-10/h2-9H,1H3,(H,21,22). The molecule has 3 rings (SSSR count). The van der Waals surface area contributed by atoms with Crippen molar-refractivity contribution in [3.8, 4) is 22.5 Å². The predicted octanol–water partition coefficient (Wildman–Crippen LogP) is 3.50. The molecule has 5 nitrogen and oxygen atoms in total. The van der Waals surface area contributed by atoms with Gasteiger partial charge in [0.25, 0.3) is 0 Å². The topological polar surface area (TPSA) is 68.0 Å². The zero-order valence-electron chi connectivity index (χ0n) is 11.7. The lowest BCUT2D eigenvalue weighted by Gasteiger charge is -2.06. The first-order chi connectivity index (χ1) is 10.5. The number of pyridine rings is 1. The van der Waals surface area contributed by atoms with E-state index in [4.69, 9.17) is 11.6 Å². The van der Waals surface area contributed by atoms with Crippen molar-refractivity contribution in [3.05, 3.63) is 59.4 Å². The number of aromatic nitrogens is 3. The smallest absolute Gasteiger partial charge is 0.335 e. The quantitative estimate of drug-likeness (QED) is 0.803. The Kier molecular flexibility index (Phi) is 3.65. The van der Waals surface area contributed by atoms with Crippen LogP contribution in [0.25, 0.3) is 22.5 Å². The number of rotatable bonds is 3. The first-order valence-corrected chi connectivity index (χ1v) is 6.91. The summed E-state index contributed by atoms with van der Waals surface area (Å²) < 4.78 is 1.65. The number of aryl methyl sites for hydroxylation is 1. The van der Waals surface area contributed by atoms with Gasteiger partial charge in [0, 0.05) is 29.4 Å². The van der Waals surface area contributed by atoms with E-state index in [0.717, 1.165) is 11.1 Å². The van der Waals surface area contributed by atoms with Crippen LogP contribution in [0.5, 0.6) is 0 Å². The van der Waals surface area contributed by atoms with Gasteiger partial charge in [0.05, 0.1) is 23.1 Å². The van der Waals surface area contributed by atoms with Crippen LogP contribution in [0.4, 0.5) is 0 Å². The van der Waals surface area contributed by atoms with Crippen molar-refractivity contribution in [2.75, 3.05) is 0 Å². The molecule has 0 saturated carbocycles. The highest BCUT2D eigenvalue weighted by molar-refractivity contribution is 6.30. The Hall–Kier alpha value is -2.66. The molecule has 0 unspecified atom stereocenters. The monoisotopic (exact) mass is 313 g/mol. The molecule has 0 radical (unpaired) electrons. The number of hydrogen-bond acceptors (Lipinski definition) is 3. The molecule has 3 aromatic rings. The normalized spacial score (nSPS) is 10.6. The van der Waals surface area contributed by atoms with Crippen molar-refractivity contribution in [2.24, 2.45) is 7.05 Å². The second-order valence-corrected chi connectivity index (χ2v) is 5.28. The van der Waals surface area contributed by atoms with Crippen molar-refractivity contribution >= 4 is 17.6 Å². The van der Waals surface area contributed by atoms with E-state index in [9.17, 15) is 9.90 Å². The Morgan fingerprint density at radius 3 is 2.32 bits per heavy atom.